The zero-order valence-electron chi connectivity index (χ0n) is 18.2. The number of urea groups is 2. The van der Waals surface area contributed by atoms with E-state index in [1.807, 2.05) is 24.3 Å². The van der Waals surface area contributed by atoms with E-state index in [1.165, 1.54) is 4.90 Å². The smallest absolute Gasteiger partial charge is 0.319 e. The van der Waals surface area contributed by atoms with Crippen LogP contribution in [0.1, 0.15) is 12.0 Å². The van der Waals surface area contributed by atoms with E-state index in [2.05, 4.69) is 5.32 Å². The van der Waals surface area contributed by atoms with Crippen molar-refractivity contribution in [1.29, 1.82) is 0 Å². The van der Waals surface area contributed by atoms with Gasteiger partial charge in [0.2, 0.25) is 5.91 Å². The molecule has 5 amide bonds. The number of amides is 5. The summed E-state index contributed by atoms with van der Waals surface area (Å²) in [5.74, 6) is 0.813. The minimum atomic E-state index is -0.453. The van der Waals surface area contributed by atoms with E-state index in [1.54, 1.807) is 43.0 Å². The molecule has 9 nitrogen and oxygen atoms in total. The van der Waals surface area contributed by atoms with Gasteiger partial charge in [-0.2, -0.15) is 0 Å². The molecule has 2 aliphatic heterocycles. The molecular weight excluding hydrogens is 386 g/mol. The molecule has 1 aromatic rings. The second kappa shape index (κ2) is 8.81. The van der Waals surface area contributed by atoms with E-state index in [4.69, 9.17) is 4.74 Å². The maximum Gasteiger partial charge on any atom is 0.319 e. The number of methoxy groups -OCH3 is 1. The second-order valence-electron chi connectivity index (χ2n) is 8.45. The highest BCUT2D eigenvalue weighted by Crippen LogP contribution is 2.34. The molecule has 3 rings (SSSR count). The lowest BCUT2D eigenvalue weighted by atomic mass is 9.86. The summed E-state index contributed by atoms with van der Waals surface area (Å²) in [5, 5.41) is 2.96. The zero-order valence-corrected chi connectivity index (χ0v) is 18.2. The third kappa shape index (κ3) is 4.77. The second-order valence-corrected chi connectivity index (χ2v) is 8.45. The first-order valence-electron chi connectivity index (χ1n) is 10.1. The average Bonchev–Trinajstić information content (AvgIpc) is 2.88. The van der Waals surface area contributed by atoms with Crippen LogP contribution in [0.2, 0.25) is 0 Å². The SMILES string of the molecule is COc1ccc(CNC(=O)N2CCN(C(=O)N(C)C)C[C@]3(CC(=O)N(C)C3)C2)cc1. The number of hydrogen-bond acceptors (Lipinski definition) is 4. The molecule has 1 N–H and O–H groups in total. The summed E-state index contributed by atoms with van der Waals surface area (Å²) in [7, 11) is 6.81. The van der Waals surface area contributed by atoms with Gasteiger partial charge in [0, 0.05) is 72.2 Å². The van der Waals surface area contributed by atoms with Crippen molar-refractivity contribution < 1.29 is 19.1 Å². The molecular formula is C21H31N5O4. The highest BCUT2D eigenvalue weighted by Gasteiger charge is 2.47. The lowest BCUT2D eigenvalue weighted by molar-refractivity contribution is -0.126. The first kappa shape index (κ1) is 21.7. The van der Waals surface area contributed by atoms with Crippen LogP contribution in [0.4, 0.5) is 9.59 Å². The van der Waals surface area contributed by atoms with Crippen LogP contribution in [-0.4, -0.2) is 98.5 Å². The lowest BCUT2D eigenvalue weighted by Crippen LogP contribution is -2.48. The third-order valence-corrected chi connectivity index (χ3v) is 5.76. The molecule has 0 aliphatic carbocycles. The Balaban J connectivity index is 1.71. The summed E-state index contributed by atoms with van der Waals surface area (Å²) < 4.78 is 5.16. The minimum Gasteiger partial charge on any atom is -0.497 e. The lowest BCUT2D eigenvalue weighted by Gasteiger charge is -2.34. The van der Waals surface area contributed by atoms with E-state index in [9.17, 15) is 14.4 Å². The van der Waals surface area contributed by atoms with Gasteiger partial charge in [-0.05, 0) is 17.7 Å². The molecule has 30 heavy (non-hydrogen) atoms. The normalized spacial score (nSPS) is 21.6. The highest BCUT2D eigenvalue weighted by atomic mass is 16.5. The molecule has 1 spiro atoms. The van der Waals surface area contributed by atoms with Crippen LogP contribution in [-0.2, 0) is 11.3 Å². The fourth-order valence-electron chi connectivity index (χ4n) is 4.23. The Morgan fingerprint density at radius 3 is 2.30 bits per heavy atom. The quantitative estimate of drug-likeness (QED) is 0.797. The number of carbonyl (C=O) groups excluding carboxylic acids is 3. The predicted molar refractivity (Wildman–Crippen MR) is 112 cm³/mol. The molecule has 0 aromatic heterocycles. The average molecular weight is 418 g/mol. The summed E-state index contributed by atoms with van der Waals surface area (Å²) >= 11 is 0. The van der Waals surface area contributed by atoms with Gasteiger partial charge in [0.1, 0.15) is 5.75 Å². The van der Waals surface area contributed by atoms with Gasteiger partial charge in [-0.1, -0.05) is 12.1 Å². The molecule has 9 heteroatoms. The van der Waals surface area contributed by atoms with Gasteiger partial charge in [0.05, 0.1) is 7.11 Å². The largest absolute Gasteiger partial charge is 0.497 e. The summed E-state index contributed by atoms with van der Waals surface area (Å²) in [6.45, 7) is 2.69. The molecule has 2 fully saturated rings. The number of benzene rings is 1. The van der Waals surface area contributed by atoms with Gasteiger partial charge >= 0.3 is 12.1 Å². The third-order valence-electron chi connectivity index (χ3n) is 5.76. The Bertz CT molecular complexity index is 797. The number of ether oxygens (including phenoxy) is 1. The zero-order chi connectivity index (χ0) is 21.9. The van der Waals surface area contributed by atoms with E-state index in [0.29, 0.717) is 45.7 Å². The standard InChI is InChI=1S/C21H31N5O4/c1-23(2)20(29)26-10-9-25(14-21(15-26)11-18(27)24(3)13-21)19(28)22-12-16-5-7-17(30-4)8-6-16/h5-8H,9-15H2,1-4H3,(H,22,28)/t21-/m0/s1. The molecule has 1 atom stereocenters. The Kier molecular flexibility index (Phi) is 6.38. The van der Waals surface area contributed by atoms with Crippen LogP contribution in [0.5, 0.6) is 5.75 Å². The first-order valence-corrected chi connectivity index (χ1v) is 10.1. The van der Waals surface area contributed by atoms with Gasteiger partial charge in [0.15, 0.2) is 0 Å². The molecule has 0 radical (unpaired) electrons. The summed E-state index contributed by atoms with van der Waals surface area (Å²) in [6, 6.07) is 7.24. The fraction of sp³-hybridized carbons (Fsp3) is 0.571. The van der Waals surface area contributed by atoms with Crippen molar-refractivity contribution >= 4 is 18.0 Å². The molecule has 164 valence electrons. The van der Waals surface area contributed by atoms with Crippen LogP contribution in [0.25, 0.3) is 0 Å². The number of nitrogens with one attached hydrogen (secondary N) is 1. The van der Waals surface area contributed by atoms with Gasteiger partial charge < -0.3 is 29.7 Å². The van der Waals surface area contributed by atoms with Gasteiger partial charge in [-0.3, -0.25) is 4.79 Å². The Morgan fingerprint density at radius 1 is 1.10 bits per heavy atom. The fourth-order valence-corrected chi connectivity index (χ4v) is 4.23. The summed E-state index contributed by atoms with van der Waals surface area (Å²) in [5.41, 5.74) is 0.514. The van der Waals surface area contributed by atoms with Crippen molar-refractivity contribution in [3.05, 3.63) is 29.8 Å². The Morgan fingerprint density at radius 2 is 1.73 bits per heavy atom. The number of likely N-dealkylation sites (tertiary alicyclic amines) is 1. The molecule has 2 saturated heterocycles. The number of hydrogen-bond donors (Lipinski definition) is 1. The monoisotopic (exact) mass is 417 g/mol. The highest BCUT2D eigenvalue weighted by molar-refractivity contribution is 5.80. The van der Waals surface area contributed by atoms with Crippen LogP contribution < -0.4 is 10.1 Å². The topological polar surface area (TPSA) is 85.4 Å². The maximum absolute atomic E-state index is 12.9. The van der Waals surface area contributed by atoms with Gasteiger partial charge in [-0.25, -0.2) is 9.59 Å². The molecule has 0 saturated carbocycles. The van der Waals surface area contributed by atoms with E-state index in [-0.39, 0.29) is 18.0 Å². The molecule has 2 aliphatic rings. The Labute approximate surface area is 177 Å². The molecule has 1 aromatic carbocycles. The summed E-state index contributed by atoms with van der Waals surface area (Å²) in [6.07, 6.45) is 0.336. The van der Waals surface area contributed by atoms with Crippen molar-refractivity contribution in [2.75, 3.05) is 61.0 Å². The van der Waals surface area contributed by atoms with Crippen molar-refractivity contribution in [1.82, 2.24) is 24.9 Å². The molecule has 2 heterocycles. The minimum absolute atomic E-state index is 0.0488. The van der Waals surface area contributed by atoms with Crippen molar-refractivity contribution in [3.8, 4) is 5.75 Å². The predicted octanol–water partition coefficient (Wildman–Crippen LogP) is 1.05. The number of carbonyl (C=O) groups is 3. The number of rotatable bonds is 3. The van der Waals surface area contributed by atoms with Crippen LogP contribution >= 0.6 is 0 Å². The molecule has 0 bridgehead atoms. The maximum atomic E-state index is 12.9. The van der Waals surface area contributed by atoms with E-state index >= 15 is 0 Å². The van der Waals surface area contributed by atoms with Crippen molar-refractivity contribution in [3.63, 3.8) is 0 Å². The molecule has 0 unspecified atom stereocenters. The van der Waals surface area contributed by atoms with Crippen LogP contribution in [0, 0.1) is 5.41 Å². The van der Waals surface area contributed by atoms with E-state index < -0.39 is 5.41 Å². The van der Waals surface area contributed by atoms with Crippen molar-refractivity contribution in [2.24, 2.45) is 5.41 Å². The van der Waals surface area contributed by atoms with Crippen molar-refractivity contribution in [2.45, 2.75) is 13.0 Å². The Hall–Kier alpha value is -2.97. The van der Waals surface area contributed by atoms with E-state index in [0.717, 1.165) is 11.3 Å². The van der Waals surface area contributed by atoms with Gasteiger partial charge in [-0.15, -0.1) is 0 Å². The van der Waals surface area contributed by atoms with Crippen LogP contribution in [0.15, 0.2) is 24.3 Å². The van der Waals surface area contributed by atoms with Gasteiger partial charge in [0.25, 0.3) is 0 Å². The first-order chi connectivity index (χ1) is 14.2. The number of nitrogens with zero attached hydrogens (tertiary/aromatic N) is 4. The van der Waals surface area contributed by atoms with Crippen LogP contribution in [0.3, 0.4) is 0 Å². The summed E-state index contributed by atoms with van der Waals surface area (Å²) in [4.78, 5) is 44.6.